The van der Waals surface area contributed by atoms with E-state index in [0.29, 0.717) is 12.0 Å². The minimum Gasteiger partial charge on any atom is -0.454 e. The summed E-state index contributed by atoms with van der Waals surface area (Å²) in [5.74, 6) is -0.601. The zero-order chi connectivity index (χ0) is 20.4. The molecule has 1 N–H and O–H groups in total. The van der Waals surface area contributed by atoms with Gasteiger partial charge in [0.25, 0.3) is 0 Å². The second kappa shape index (κ2) is 7.87. The molecule has 146 valence electrons. The highest BCUT2D eigenvalue weighted by molar-refractivity contribution is 6.11. The molecule has 0 aliphatic heterocycles. The van der Waals surface area contributed by atoms with Crippen molar-refractivity contribution in [3.63, 3.8) is 0 Å². The summed E-state index contributed by atoms with van der Waals surface area (Å²) in [5.41, 5.74) is 3.98. The molecule has 4 aromatic rings. The lowest BCUT2D eigenvalue weighted by atomic mass is 10.0. The summed E-state index contributed by atoms with van der Waals surface area (Å²) in [5, 5.41) is 1.91. The molecule has 0 spiro atoms. The normalized spacial score (nSPS) is 12.2. The van der Waals surface area contributed by atoms with Crippen LogP contribution in [0.5, 0.6) is 0 Å². The first-order chi connectivity index (χ1) is 14.0. The van der Waals surface area contributed by atoms with Crippen LogP contribution in [0.2, 0.25) is 0 Å². The first-order valence-electron chi connectivity index (χ1n) is 9.68. The van der Waals surface area contributed by atoms with Crippen molar-refractivity contribution < 1.29 is 14.3 Å². The third kappa shape index (κ3) is 3.90. The molecule has 0 amide bonds. The predicted molar refractivity (Wildman–Crippen MR) is 113 cm³/mol. The highest BCUT2D eigenvalue weighted by Crippen LogP contribution is 2.24. The lowest BCUT2D eigenvalue weighted by molar-refractivity contribution is -0.146. The van der Waals surface area contributed by atoms with E-state index in [9.17, 15) is 9.59 Å². The Morgan fingerprint density at radius 3 is 2.66 bits per heavy atom. The third-order valence-corrected chi connectivity index (χ3v) is 5.06. The standard InChI is InChI=1S/C24H22N2O3/c1-15-23(19-8-4-6-10-21(19)25-15)24(28)16(2)29-22(27)14-13-18-12-11-17-7-3-5-9-20(17)26-18/h3-12,16,25H,13-14H2,1-2H3. The summed E-state index contributed by atoms with van der Waals surface area (Å²) in [6.07, 6.45) is -0.197. The number of fused-ring (bicyclic) bond motifs is 2. The number of benzene rings is 2. The van der Waals surface area contributed by atoms with Gasteiger partial charge in [0.15, 0.2) is 6.10 Å². The Morgan fingerprint density at radius 2 is 1.79 bits per heavy atom. The van der Waals surface area contributed by atoms with Gasteiger partial charge in [-0.15, -0.1) is 0 Å². The van der Waals surface area contributed by atoms with Crippen LogP contribution in [0.25, 0.3) is 21.8 Å². The lowest BCUT2D eigenvalue weighted by Crippen LogP contribution is -2.25. The van der Waals surface area contributed by atoms with Gasteiger partial charge in [0, 0.05) is 39.7 Å². The van der Waals surface area contributed by atoms with Gasteiger partial charge in [-0.25, -0.2) is 0 Å². The predicted octanol–water partition coefficient (Wildman–Crippen LogP) is 4.77. The molecule has 0 bridgehead atoms. The van der Waals surface area contributed by atoms with Gasteiger partial charge >= 0.3 is 5.97 Å². The topological polar surface area (TPSA) is 72.1 Å². The number of Topliss-reactive ketones (excluding diaryl/α,β-unsaturated/α-hetero) is 1. The number of carbonyl (C=O) groups excluding carboxylic acids is 2. The van der Waals surface area contributed by atoms with Gasteiger partial charge in [0.2, 0.25) is 5.78 Å². The van der Waals surface area contributed by atoms with Gasteiger partial charge in [0.05, 0.1) is 11.9 Å². The van der Waals surface area contributed by atoms with Crippen molar-refractivity contribution in [1.29, 1.82) is 0 Å². The molecular formula is C24H22N2O3. The highest BCUT2D eigenvalue weighted by atomic mass is 16.5. The van der Waals surface area contributed by atoms with Crippen LogP contribution >= 0.6 is 0 Å². The van der Waals surface area contributed by atoms with Crippen molar-refractivity contribution in [1.82, 2.24) is 9.97 Å². The van der Waals surface area contributed by atoms with Gasteiger partial charge in [-0.1, -0.05) is 42.5 Å². The quantitative estimate of drug-likeness (QED) is 0.383. The van der Waals surface area contributed by atoms with E-state index in [-0.39, 0.29) is 12.2 Å². The van der Waals surface area contributed by atoms with Crippen LogP contribution in [0.1, 0.15) is 35.1 Å². The van der Waals surface area contributed by atoms with E-state index in [0.717, 1.165) is 33.2 Å². The Kier molecular flexibility index (Phi) is 5.12. The number of carbonyl (C=O) groups is 2. The van der Waals surface area contributed by atoms with Gasteiger partial charge in [0.1, 0.15) is 0 Å². The number of hydrogen-bond acceptors (Lipinski definition) is 4. The number of pyridine rings is 1. The molecule has 0 aliphatic rings. The molecule has 0 fully saturated rings. The number of esters is 1. The van der Waals surface area contributed by atoms with Crippen molar-refractivity contribution >= 4 is 33.6 Å². The lowest BCUT2D eigenvalue weighted by Gasteiger charge is -2.12. The molecule has 29 heavy (non-hydrogen) atoms. The Morgan fingerprint density at radius 1 is 1.03 bits per heavy atom. The van der Waals surface area contributed by atoms with Crippen molar-refractivity contribution in [2.45, 2.75) is 32.8 Å². The molecule has 1 unspecified atom stereocenters. The van der Waals surface area contributed by atoms with Crippen LogP contribution in [0.15, 0.2) is 60.7 Å². The molecule has 4 rings (SSSR count). The van der Waals surface area contributed by atoms with E-state index in [1.165, 1.54) is 0 Å². The summed E-state index contributed by atoms with van der Waals surface area (Å²) < 4.78 is 5.42. The van der Waals surface area contributed by atoms with E-state index >= 15 is 0 Å². The summed E-state index contributed by atoms with van der Waals surface area (Å²) in [7, 11) is 0. The van der Waals surface area contributed by atoms with Crippen LogP contribution in [0.3, 0.4) is 0 Å². The number of ketones is 1. The van der Waals surface area contributed by atoms with Crippen LogP contribution in [-0.4, -0.2) is 27.8 Å². The van der Waals surface area contributed by atoms with E-state index < -0.39 is 12.1 Å². The summed E-state index contributed by atoms with van der Waals surface area (Å²) in [6.45, 7) is 3.48. The molecule has 2 heterocycles. The van der Waals surface area contributed by atoms with Gasteiger partial charge < -0.3 is 9.72 Å². The van der Waals surface area contributed by atoms with Crippen LogP contribution in [0, 0.1) is 6.92 Å². The minimum atomic E-state index is -0.843. The summed E-state index contributed by atoms with van der Waals surface area (Å²) in [6, 6.07) is 19.4. The number of para-hydroxylation sites is 2. The Bertz CT molecular complexity index is 1210. The summed E-state index contributed by atoms with van der Waals surface area (Å²) >= 11 is 0. The molecule has 5 heteroatoms. The SMILES string of the molecule is Cc1[nH]c2ccccc2c1C(=O)C(C)OC(=O)CCc1ccc2ccccc2n1. The van der Waals surface area contributed by atoms with E-state index in [2.05, 4.69) is 9.97 Å². The maximum absolute atomic E-state index is 12.9. The fourth-order valence-electron chi connectivity index (χ4n) is 3.58. The van der Waals surface area contributed by atoms with Gasteiger partial charge in [-0.2, -0.15) is 0 Å². The first kappa shape index (κ1) is 18.9. The van der Waals surface area contributed by atoms with Crippen molar-refractivity contribution in [2.24, 2.45) is 0 Å². The monoisotopic (exact) mass is 386 g/mol. The second-order valence-corrected chi connectivity index (χ2v) is 7.16. The number of nitrogens with one attached hydrogen (secondary N) is 1. The average Bonchev–Trinajstić information content (AvgIpc) is 3.07. The number of H-pyrrole nitrogens is 1. The molecule has 1 atom stereocenters. The molecular weight excluding hydrogens is 364 g/mol. The molecule has 2 aromatic heterocycles. The molecule has 0 saturated heterocycles. The van der Waals surface area contributed by atoms with Gasteiger partial charge in [-0.3, -0.25) is 14.6 Å². The van der Waals surface area contributed by atoms with E-state index in [1.807, 2.05) is 67.6 Å². The highest BCUT2D eigenvalue weighted by Gasteiger charge is 2.24. The number of aryl methyl sites for hydroxylation is 2. The number of ether oxygens (including phenoxy) is 1. The average molecular weight is 386 g/mol. The zero-order valence-electron chi connectivity index (χ0n) is 16.4. The smallest absolute Gasteiger partial charge is 0.306 e. The van der Waals surface area contributed by atoms with Crippen LogP contribution < -0.4 is 0 Å². The fraction of sp³-hybridized carbons (Fsp3) is 0.208. The van der Waals surface area contributed by atoms with Crippen molar-refractivity contribution in [3.05, 3.63) is 77.6 Å². The van der Waals surface area contributed by atoms with Crippen molar-refractivity contribution in [3.8, 4) is 0 Å². The fourth-order valence-corrected chi connectivity index (χ4v) is 3.58. The molecule has 0 saturated carbocycles. The number of aromatic nitrogens is 2. The minimum absolute atomic E-state index is 0.176. The summed E-state index contributed by atoms with van der Waals surface area (Å²) in [4.78, 5) is 33.0. The first-order valence-corrected chi connectivity index (χ1v) is 9.68. The molecule has 0 radical (unpaired) electrons. The largest absolute Gasteiger partial charge is 0.454 e. The Labute approximate surface area is 168 Å². The molecule has 0 aliphatic carbocycles. The van der Waals surface area contributed by atoms with Gasteiger partial charge in [-0.05, 0) is 32.0 Å². The van der Waals surface area contributed by atoms with Crippen LogP contribution in [0.4, 0.5) is 0 Å². The second-order valence-electron chi connectivity index (χ2n) is 7.16. The van der Waals surface area contributed by atoms with Crippen molar-refractivity contribution in [2.75, 3.05) is 0 Å². The molecule has 5 nitrogen and oxygen atoms in total. The number of aromatic amines is 1. The third-order valence-electron chi connectivity index (χ3n) is 5.06. The molecule has 2 aromatic carbocycles. The van der Waals surface area contributed by atoms with E-state index in [1.54, 1.807) is 6.92 Å². The van der Waals surface area contributed by atoms with Crippen LogP contribution in [-0.2, 0) is 16.0 Å². The zero-order valence-corrected chi connectivity index (χ0v) is 16.4. The number of nitrogens with zero attached hydrogens (tertiary/aromatic N) is 1. The Hall–Kier alpha value is -3.47. The Balaban J connectivity index is 1.40. The number of rotatable bonds is 6. The number of hydrogen-bond donors (Lipinski definition) is 1. The maximum Gasteiger partial charge on any atom is 0.306 e. The van der Waals surface area contributed by atoms with E-state index in [4.69, 9.17) is 4.74 Å². The maximum atomic E-state index is 12.9.